The lowest BCUT2D eigenvalue weighted by molar-refractivity contribution is 0.104. The average molecular weight is 365 g/mol. The van der Waals surface area contributed by atoms with Crippen LogP contribution in [0.5, 0.6) is 0 Å². The molecule has 0 bridgehead atoms. The van der Waals surface area contributed by atoms with Crippen LogP contribution in [0.15, 0.2) is 58.7 Å². The van der Waals surface area contributed by atoms with E-state index >= 15 is 0 Å². The van der Waals surface area contributed by atoms with Crippen LogP contribution >= 0.6 is 11.6 Å². The van der Waals surface area contributed by atoms with Crippen molar-refractivity contribution < 1.29 is 9.21 Å². The summed E-state index contributed by atoms with van der Waals surface area (Å²) in [6, 6.07) is 14.3. The van der Waals surface area contributed by atoms with E-state index in [-0.39, 0.29) is 11.4 Å². The molecule has 0 saturated heterocycles. The van der Waals surface area contributed by atoms with Gasteiger partial charge in [0.1, 0.15) is 17.4 Å². The Hall–Kier alpha value is -3.03. The second-order valence-electron chi connectivity index (χ2n) is 6.00. The van der Waals surface area contributed by atoms with Crippen LogP contribution in [-0.4, -0.2) is 10.4 Å². The lowest BCUT2D eigenvalue weighted by Crippen LogP contribution is -2.04. The molecule has 0 aliphatic rings. The molecule has 0 atom stereocenters. The number of hydrogen-bond acceptors (Lipinski definition) is 3. The monoisotopic (exact) mass is 364 g/mol. The fourth-order valence-corrected chi connectivity index (χ4v) is 2.96. The maximum absolute atomic E-state index is 12.6. The zero-order valence-electron chi connectivity index (χ0n) is 14.5. The van der Waals surface area contributed by atoms with Crippen LogP contribution in [0.3, 0.4) is 0 Å². The number of furan rings is 1. The van der Waals surface area contributed by atoms with Crippen LogP contribution in [0.1, 0.15) is 33.1 Å². The quantitative estimate of drug-likeness (QED) is 0.355. The number of benzene rings is 1. The molecule has 0 spiro atoms. The lowest BCUT2D eigenvalue weighted by atomic mass is 10.0. The highest BCUT2D eigenvalue weighted by Crippen LogP contribution is 2.21. The number of hydrogen-bond donors (Lipinski definition) is 0. The van der Waals surface area contributed by atoms with Gasteiger partial charge in [0.2, 0.25) is 5.78 Å². The first-order valence-electron chi connectivity index (χ1n) is 8.10. The van der Waals surface area contributed by atoms with E-state index in [4.69, 9.17) is 16.0 Å². The van der Waals surface area contributed by atoms with E-state index in [1.165, 1.54) is 0 Å². The molecular formula is C21H17ClN2O2. The molecule has 0 aliphatic heterocycles. The van der Waals surface area contributed by atoms with Crippen LogP contribution < -0.4 is 0 Å². The van der Waals surface area contributed by atoms with Crippen molar-refractivity contribution in [3.63, 3.8) is 0 Å². The third-order valence-electron chi connectivity index (χ3n) is 4.28. The maximum Gasteiger partial charge on any atom is 0.203 e. The van der Waals surface area contributed by atoms with Gasteiger partial charge < -0.3 is 8.98 Å². The van der Waals surface area contributed by atoms with Crippen molar-refractivity contribution >= 4 is 23.5 Å². The zero-order chi connectivity index (χ0) is 18.7. The normalized spacial score (nSPS) is 11.4. The highest BCUT2D eigenvalue weighted by Gasteiger charge is 2.15. The number of aromatic nitrogens is 1. The van der Waals surface area contributed by atoms with E-state index in [9.17, 15) is 10.1 Å². The summed E-state index contributed by atoms with van der Waals surface area (Å²) < 4.78 is 7.50. The molecule has 0 saturated carbocycles. The summed E-state index contributed by atoms with van der Waals surface area (Å²) in [4.78, 5) is 12.6. The number of Topliss-reactive ketones (excluding diaryl/α,β-unsaturated/α-hetero) is 1. The van der Waals surface area contributed by atoms with Crippen molar-refractivity contribution in [2.45, 2.75) is 20.4 Å². The Bertz CT molecular complexity index is 1000. The van der Waals surface area contributed by atoms with Gasteiger partial charge in [-0.1, -0.05) is 11.6 Å². The Morgan fingerprint density at radius 2 is 2.00 bits per heavy atom. The van der Waals surface area contributed by atoms with Crippen molar-refractivity contribution in [1.82, 2.24) is 4.57 Å². The first-order chi connectivity index (χ1) is 12.5. The van der Waals surface area contributed by atoms with Crippen LogP contribution in [0.4, 0.5) is 0 Å². The van der Waals surface area contributed by atoms with Crippen molar-refractivity contribution in [1.29, 1.82) is 5.26 Å². The van der Waals surface area contributed by atoms with Gasteiger partial charge in [-0.15, -0.1) is 0 Å². The number of ketones is 1. The molecule has 4 nitrogen and oxygen atoms in total. The minimum atomic E-state index is -0.319. The SMILES string of the molecule is Cc1cc(/C=C(\C#N)C(=O)c2ccc(Cl)cc2)c(C)n1Cc1ccco1. The summed E-state index contributed by atoms with van der Waals surface area (Å²) in [5.41, 5.74) is 3.36. The molecule has 0 radical (unpaired) electrons. The molecular weight excluding hydrogens is 348 g/mol. The van der Waals surface area contributed by atoms with Gasteiger partial charge in [0.05, 0.1) is 12.8 Å². The van der Waals surface area contributed by atoms with E-state index in [0.717, 1.165) is 22.7 Å². The molecule has 0 amide bonds. The topological polar surface area (TPSA) is 58.9 Å². The second-order valence-corrected chi connectivity index (χ2v) is 6.43. The summed E-state index contributed by atoms with van der Waals surface area (Å²) >= 11 is 5.86. The van der Waals surface area contributed by atoms with Crippen molar-refractivity contribution in [2.24, 2.45) is 0 Å². The molecule has 2 aromatic heterocycles. The predicted molar refractivity (Wildman–Crippen MR) is 101 cm³/mol. The highest BCUT2D eigenvalue weighted by molar-refractivity contribution is 6.30. The summed E-state index contributed by atoms with van der Waals surface area (Å²) in [6.07, 6.45) is 3.28. The Balaban J connectivity index is 1.93. The number of nitriles is 1. The first kappa shape index (κ1) is 17.8. The van der Waals surface area contributed by atoms with Gasteiger partial charge in [-0.25, -0.2) is 0 Å². The fourth-order valence-electron chi connectivity index (χ4n) is 2.84. The Labute approximate surface area is 156 Å². The number of halogens is 1. The number of rotatable bonds is 5. The van der Waals surface area contributed by atoms with E-state index in [1.54, 1.807) is 36.6 Å². The van der Waals surface area contributed by atoms with Gasteiger partial charge in [0.25, 0.3) is 0 Å². The molecule has 26 heavy (non-hydrogen) atoms. The molecule has 0 N–H and O–H groups in total. The van der Waals surface area contributed by atoms with Crippen molar-refractivity contribution in [3.05, 3.63) is 87.6 Å². The van der Waals surface area contributed by atoms with Gasteiger partial charge in [0.15, 0.2) is 0 Å². The smallest absolute Gasteiger partial charge is 0.203 e. The molecule has 2 heterocycles. The number of aryl methyl sites for hydroxylation is 1. The second kappa shape index (κ2) is 7.47. The van der Waals surface area contributed by atoms with E-state index in [1.807, 2.05) is 38.1 Å². The van der Waals surface area contributed by atoms with Gasteiger partial charge in [-0.3, -0.25) is 4.79 Å². The maximum atomic E-state index is 12.6. The number of nitrogens with zero attached hydrogens (tertiary/aromatic N) is 2. The fraction of sp³-hybridized carbons (Fsp3) is 0.143. The first-order valence-corrected chi connectivity index (χ1v) is 8.48. The molecule has 0 fully saturated rings. The van der Waals surface area contributed by atoms with E-state index in [0.29, 0.717) is 17.1 Å². The summed E-state index contributed by atoms with van der Waals surface area (Å²) in [5, 5.41) is 10.0. The molecule has 0 unspecified atom stereocenters. The van der Waals surface area contributed by atoms with E-state index in [2.05, 4.69) is 4.57 Å². The number of allylic oxidation sites excluding steroid dienone is 1. The third kappa shape index (κ3) is 3.63. The molecule has 3 aromatic rings. The molecule has 5 heteroatoms. The molecule has 1 aromatic carbocycles. The lowest BCUT2D eigenvalue weighted by Gasteiger charge is -2.07. The average Bonchev–Trinajstić information content (AvgIpc) is 3.24. The Morgan fingerprint density at radius 1 is 1.27 bits per heavy atom. The highest BCUT2D eigenvalue weighted by atomic mass is 35.5. The van der Waals surface area contributed by atoms with Gasteiger partial charge in [-0.2, -0.15) is 5.26 Å². The van der Waals surface area contributed by atoms with Gasteiger partial charge in [-0.05, 0) is 68.0 Å². The van der Waals surface area contributed by atoms with Crippen molar-refractivity contribution in [2.75, 3.05) is 0 Å². The Kier molecular flexibility index (Phi) is 5.11. The zero-order valence-corrected chi connectivity index (χ0v) is 15.2. The number of carbonyl (C=O) groups is 1. The minimum absolute atomic E-state index is 0.0885. The Morgan fingerprint density at radius 3 is 2.62 bits per heavy atom. The number of carbonyl (C=O) groups excluding carboxylic acids is 1. The van der Waals surface area contributed by atoms with Crippen LogP contribution in [-0.2, 0) is 6.54 Å². The minimum Gasteiger partial charge on any atom is -0.467 e. The van der Waals surface area contributed by atoms with Gasteiger partial charge in [0, 0.05) is 22.0 Å². The largest absolute Gasteiger partial charge is 0.467 e. The molecule has 3 rings (SSSR count). The summed E-state index contributed by atoms with van der Waals surface area (Å²) in [6.45, 7) is 4.55. The van der Waals surface area contributed by atoms with Gasteiger partial charge >= 0.3 is 0 Å². The summed E-state index contributed by atoms with van der Waals surface area (Å²) in [5.74, 6) is 0.528. The van der Waals surface area contributed by atoms with Crippen LogP contribution in [0, 0.1) is 25.2 Å². The van der Waals surface area contributed by atoms with Crippen LogP contribution in [0.25, 0.3) is 6.08 Å². The third-order valence-corrected chi connectivity index (χ3v) is 4.53. The molecule has 0 aliphatic carbocycles. The van der Waals surface area contributed by atoms with E-state index < -0.39 is 0 Å². The predicted octanol–water partition coefficient (Wildman–Crippen LogP) is 5.19. The van der Waals surface area contributed by atoms with Crippen LogP contribution in [0.2, 0.25) is 5.02 Å². The van der Waals surface area contributed by atoms with Crippen molar-refractivity contribution in [3.8, 4) is 6.07 Å². The standard InChI is InChI=1S/C21H17ClN2O2/c1-14-10-17(15(2)24(14)13-20-4-3-9-26-20)11-18(12-23)21(25)16-5-7-19(22)8-6-16/h3-11H,13H2,1-2H3/b18-11+. The molecule has 130 valence electrons. The summed E-state index contributed by atoms with van der Waals surface area (Å²) in [7, 11) is 0.